The summed E-state index contributed by atoms with van der Waals surface area (Å²) in [5, 5.41) is 28.2. The van der Waals surface area contributed by atoms with E-state index in [0.717, 1.165) is 33.2 Å². The van der Waals surface area contributed by atoms with Crippen LogP contribution in [-0.2, 0) is 61.2 Å². The number of nitrogens with zero attached hydrogens (tertiary/aromatic N) is 4. The maximum absolute atomic E-state index is 12.8. The van der Waals surface area contributed by atoms with Crippen molar-refractivity contribution in [2.75, 3.05) is 43.5 Å². The van der Waals surface area contributed by atoms with Crippen LogP contribution in [-0.4, -0.2) is 134 Å². The SMILES string of the molecule is CC(C)(COP(=O)(O)OP(=O)(O)OCC1OC(C)(n2cnc3c(N)ncnc32)C(O)C1OP(=O)(O)O)C(O)C(=O)NCCC(=O)NCCSC(=O)CC(=O)CSc1cccs1. The summed E-state index contributed by atoms with van der Waals surface area (Å²) in [6.45, 7) is 1.50. The number of anilines is 1. The van der Waals surface area contributed by atoms with Gasteiger partial charge in [0.05, 0.1) is 35.9 Å². The second-order valence-electron chi connectivity index (χ2n) is 13.8. The monoisotopic (exact) mass is 979 g/mol. The minimum atomic E-state index is -5.61. The molecule has 340 valence electrons. The number of rotatable bonds is 24. The fourth-order valence-corrected chi connectivity index (χ4v) is 10.5. The van der Waals surface area contributed by atoms with E-state index in [0.29, 0.717) is 0 Å². The summed E-state index contributed by atoms with van der Waals surface area (Å²) in [5.74, 6) is -1.40. The van der Waals surface area contributed by atoms with E-state index in [9.17, 15) is 62.7 Å². The summed E-state index contributed by atoms with van der Waals surface area (Å²) in [7, 11) is -16.5. The Morgan fingerprint density at radius 2 is 1.79 bits per heavy atom. The number of aromatic nitrogens is 4. The molecule has 1 aliphatic heterocycles. The lowest BCUT2D eigenvalue weighted by atomic mass is 9.87. The van der Waals surface area contributed by atoms with Gasteiger partial charge in [-0.15, -0.1) is 23.1 Å². The molecule has 4 rings (SSSR count). The number of carbonyl (C=O) groups excluding carboxylic acids is 4. The van der Waals surface area contributed by atoms with Gasteiger partial charge in [-0.3, -0.25) is 37.3 Å². The Kier molecular flexibility index (Phi) is 17.8. The number of ether oxygens (including phenoxy) is 1. The number of nitrogen functional groups attached to an aromatic ring is 1. The molecule has 0 radical (unpaired) electrons. The molecule has 0 spiro atoms. The van der Waals surface area contributed by atoms with Crippen LogP contribution in [0.2, 0.25) is 0 Å². The maximum atomic E-state index is 12.8. The lowest BCUT2D eigenvalue weighted by Gasteiger charge is -2.30. The van der Waals surface area contributed by atoms with Crippen molar-refractivity contribution in [3.05, 3.63) is 30.2 Å². The van der Waals surface area contributed by atoms with E-state index in [4.69, 9.17) is 24.0 Å². The molecule has 4 heterocycles. The van der Waals surface area contributed by atoms with Crippen LogP contribution < -0.4 is 16.4 Å². The predicted octanol–water partition coefficient (Wildman–Crippen LogP) is 0.652. The topological polar surface area (TPSA) is 381 Å². The fourth-order valence-electron chi connectivity index (χ4n) is 5.37. The number of Topliss-reactive ketones (excluding diaryl/α,β-unsaturated/α-hetero) is 1. The highest BCUT2D eigenvalue weighted by atomic mass is 32.2. The van der Waals surface area contributed by atoms with Gasteiger partial charge in [0, 0.05) is 30.7 Å². The van der Waals surface area contributed by atoms with Crippen LogP contribution in [0.5, 0.6) is 0 Å². The third kappa shape index (κ3) is 14.9. The number of carbonyl (C=O) groups is 4. The number of aliphatic hydroxyl groups is 2. The molecule has 1 fully saturated rings. The molecule has 61 heavy (non-hydrogen) atoms. The van der Waals surface area contributed by atoms with Crippen LogP contribution in [0.15, 0.2) is 34.4 Å². The van der Waals surface area contributed by atoms with E-state index in [-0.39, 0.29) is 65.3 Å². The van der Waals surface area contributed by atoms with Crippen LogP contribution >= 0.6 is 58.3 Å². The molecule has 0 aromatic carbocycles. The van der Waals surface area contributed by atoms with E-state index >= 15 is 0 Å². The maximum Gasteiger partial charge on any atom is 0.481 e. The summed E-state index contributed by atoms with van der Waals surface area (Å²) in [6, 6.07) is 3.73. The Balaban J connectivity index is 1.20. The number of thiophene rings is 1. The molecular weight excluding hydrogens is 935 g/mol. The summed E-state index contributed by atoms with van der Waals surface area (Å²) in [5.41, 5.74) is 2.26. The van der Waals surface area contributed by atoms with E-state index in [1.54, 1.807) is 0 Å². The zero-order chi connectivity index (χ0) is 45.4. The largest absolute Gasteiger partial charge is 0.481 e. The van der Waals surface area contributed by atoms with Gasteiger partial charge in [0.1, 0.15) is 36.3 Å². The average Bonchev–Trinajstić information content (AvgIpc) is 3.90. The van der Waals surface area contributed by atoms with Crippen molar-refractivity contribution in [2.24, 2.45) is 5.41 Å². The first-order valence-electron chi connectivity index (χ1n) is 17.6. The number of nitrogens with two attached hydrogens (primary N) is 1. The average molecular weight is 980 g/mol. The van der Waals surface area contributed by atoms with Crippen molar-refractivity contribution < 1.29 is 85.3 Å². The van der Waals surface area contributed by atoms with Crippen molar-refractivity contribution in [1.29, 1.82) is 0 Å². The van der Waals surface area contributed by atoms with Crippen molar-refractivity contribution in [3.8, 4) is 0 Å². The molecule has 0 aliphatic carbocycles. The standard InChI is InChI=1S/C30H44N7O18P3S3/c1-29(2,25(42)28(43)33-7-6-19(39)32-8-10-59-20(40)11-17(38)13-61-21-5-4-9-60-21)14-52-58(49,50)55-57(47,48)51-12-18-23(54-56(44,45)46)24(41)30(3,53-18)37-16-36-22-26(31)34-15-35-27(22)37/h4-5,9,15-16,18,23-25,41-42H,6-8,10-14H2,1-3H3,(H,32,39)(H,33,43)(H,47,48)(H,49,50)(H2,31,34,35)(H2,44,45,46). The van der Waals surface area contributed by atoms with Gasteiger partial charge in [-0.05, 0) is 18.4 Å². The highest BCUT2D eigenvalue weighted by Gasteiger charge is 2.57. The molecule has 0 saturated carbocycles. The number of hydrogen-bond donors (Lipinski definition) is 9. The smallest absolute Gasteiger partial charge is 0.385 e. The molecule has 3 aromatic heterocycles. The highest BCUT2D eigenvalue weighted by molar-refractivity contribution is 8.13. The number of amides is 2. The third-order valence-electron chi connectivity index (χ3n) is 8.46. The normalized spacial score (nSPS) is 22.0. The van der Waals surface area contributed by atoms with Gasteiger partial charge in [0.2, 0.25) is 11.8 Å². The number of ketones is 1. The highest BCUT2D eigenvalue weighted by Crippen LogP contribution is 2.61. The lowest BCUT2D eigenvalue weighted by Crippen LogP contribution is -2.46. The minimum absolute atomic E-state index is 0.0117. The molecule has 10 N–H and O–H groups in total. The number of imidazole rings is 1. The summed E-state index contributed by atoms with van der Waals surface area (Å²) >= 11 is 3.73. The van der Waals surface area contributed by atoms with Crippen molar-refractivity contribution in [1.82, 2.24) is 30.2 Å². The molecule has 1 aliphatic rings. The van der Waals surface area contributed by atoms with Crippen LogP contribution in [0.4, 0.5) is 5.82 Å². The number of fused-ring (bicyclic) bond motifs is 1. The molecule has 1 saturated heterocycles. The number of phosphoric ester groups is 3. The predicted molar refractivity (Wildman–Crippen MR) is 216 cm³/mol. The van der Waals surface area contributed by atoms with Crippen LogP contribution in [0.3, 0.4) is 0 Å². The summed E-state index contributed by atoms with van der Waals surface area (Å²) < 4.78 is 63.7. The van der Waals surface area contributed by atoms with Gasteiger partial charge < -0.3 is 50.9 Å². The van der Waals surface area contributed by atoms with Crippen LogP contribution in [0.25, 0.3) is 11.2 Å². The Morgan fingerprint density at radius 3 is 2.46 bits per heavy atom. The second kappa shape index (κ2) is 21.3. The second-order valence-corrected chi connectivity index (χ2v) is 21.4. The van der Waals surface area contributed by atoms with Gasteiger partial charge in [-0.1, -0.05) is 31.7 Å². The van der Waals surface area contributed by atoms with Crippen LogP contribution in [0, 0.1) is 5.41 Å². The van der Waals surface area contributed by atoms with Crippen LogP contribution in [0.1, 0.15) is 33.6 Å². The van der Waals surface area contributed by atoms with E-state index < -0.39 is 84.1 Å². The molecule has 7 unspecified atom stereocenters. The molecular formula is C30H44N7O18P3S3. The lowest BCUT2D eigenvalue weighted by molar-refractivity contribution is -0.137. The molecule has 7 atom stereocenters. The minimum Gasteiger partial charge on any atom is -0.385 e. The van der Waals surface area contributed by atoms with E-state index in [1.165, 1.54) is 43.9 Å². The van der Waals surface area contributed by atoms with Crippen molar-refractivity contribution >= 4 is 98.0 Å². The Hall–Kier alpha value is -2.72. The number of nitrogens with one attached hydrogen (secondary N) is 2. The first kappa shape index (κ1) is 50.9. The van der Waals surface area contributed by atoms with Gasteiger partial charge in [0.15, 0.2) is 28.1 Å². The molecule has 3 aromatic rings. The molecule has 2 amide bonds. The zero-order valence-electron chi connectivity index (χ0n) is 32.4. The van der Waals surface area contributed by atoms with E-state index in [2.05, 4.69) is 29.9 Å². The number of phosphoric acid groups is 3. The number of hydrogen-bond acceptors (Lipinski definition) is 21. The van der Waals surface area contributed by atoms with Gasteiger partial charge >= 0.3 is 23.5 Å². The Labute approximate surface area is 359 Å². The van der Waals surface area contributed by atoms with Gasteiger partial charge in [0.25, 0.3) is 0 Å². The Bertz CT molecular complexity index is 2180. The third-order valence-corrected chi connectivity index (χ3v) is 14.6. The Morgan fingerprint density at radius 1 is 1.08 bits per heavy atom. The summed E-state index contributed by atoms with van der Waals surface area (Å²) in [4.78, 5) is 100. The number of aliphatic hydroxyl groups excluding tert-OH is 2. The molecule has 0 bridgehead atoms. The van der Waals surface area contributed by atoms with Crippen molar-refractivity contribution in [2.45, 2.75) is 68.0 Å². The molecule has 31 heteroatoms. The number of thioether (sulfide) groups is 2. The first-order valence-corrected chi connectivity index (χ1v) is 25.0. The van der Waals surface area contributed by atoms with E-state index in [1.807, 2.05) is 17.5 Å². The fraction of sp³-hybridized carbons (Fsp3) is 0.567. The van der Waals surface area contributed by atoms with Crippen molar-refractivity contribution in [3.63, 3.8) is 0 Å². The summed E-state index contributed by atoms with van der Waals surface area (Å²) in [6.07, 6.45) is -5.86. The van der Waals surface area contributed by atoms with Gasteiger partial charge in [-0.25, -0.2) is 28.6 Å². The zero-order valence-corrected chi connectivity index (χ0v) is 37.5. The first-order chi connectivity index (χ1) is 28.3. The quantitative estimate of drug-likeness (QED) is 0.0257. The van der Waals surface area contributed by atoms with Gasteiger partial charge in [-0.2, -0.15) is 4.31 Å². The molecule has 25 nitrogen and oxygen atoms in total.